The molecule has 142 valence electrons. The average molecular weight is 421 g/mol. The van der Waals surface area contributed by atoms with Crippen LogP contribution in [0.2, 0.25) is 10.0 Å². The second kappa shape index (κ2) is 7.15. The molecule has 1 aromatic heterocycles. The summed E-state index contributed by atoms with van der Waals surface area (Å²) in [4.78, 5) is 0. The minimum Gasteiger partial charge on any atom is -0.259 e. The van der Waals surface area contributed by atoms with Gasteiger partial charge in [0.2, 0.25) is 0 Å². The summed E-state index contributed by atoms with van der Waals surface area (Å²) < 4.78 is 42.1. The molecule has 0 N–H and O–H groups in total. The highest BCUT2D eigenvalue weighted by atomic mass is 35.5. The largest absolute Gasteiger partial charge is 0.418 e. The number of rotatable bonds is 3. The van der Waals surface area contributed by atoms with Crippen molar-refractivity contribution in [1.82, 2.24) is 9.78 Å². The van der Waals surface area contributed by atoms with Crippen LogP contribution >= 0.6 is 23.2 Å². The molecule has 28 heavy (non-hydrogen) atoms. The van der Waals surface area contributed by atoms with Gasteiger partial charge in [0.05, 0.1) is 17.8 Å². The van der Waals surface area contributed by atoms with E-state index in [1.807, 2.05) is 12.1 Å². The van der Waals surface area contributed by atoms with Gasteiger partial charge in [0.15, 0.2) is 0 Å². The van der Waals surface area contributed by atoms with Crippen molar-refractivity contribution in [2.75, 3.05) is 0 Å². The van der Waals surface area contributed by atoms with Crippen LogP contribution in [0.4, 0.5) is 13.2 Å². The number of nitrogens with zero attached hydrogens (tertiary/aromatic N) is 2. The van der Waals surface area contributed by atoms with Crippen molar-refractivity contribution in [3.63, 3.8) is 0 Å². The lowest BCUT2D eigenvalue weighted by Crippen LogP contribution is -2.06. The predicted octanol–water partition coefficient (Wildman–Crippen LogP) is 7.08. The zero-order valence-corrected chi connectivity index (χ0v) is 15.9. The van der Waals surface area contributed by atoms with E-state index < -0.39 is 11.7 Å². The molecule has 2 nitrogen and oxygen atoms in total. The van der Waals surface area contributed by atoms with Gasteiger partial charge in [-0.05, 0) is 35.9 Å². The first-order valence-electron chi connectivity index (χ1n) is 8.40. The summed E-state index contributed by atoms with van der Waals surface area (Å²) in [6.07, 6.45) is -4.50. The maximum Gasteiger partial charge on any atom is 0.418 e. The topological polar surface area (TPSA) is 17.8 Å². The molecule has 0 saturated carbocycles. The number of aromatic nitrogens is 2. The number of hydrogen-bond donors (Lipinski definition) is 0. The monoisotopic (exact) mass is 420 g/mol. The van der Waals surface area contributed by atoms with Crippen molar-refractivity contribution < 1.29 is 13.2 Å². The predicted molar refractivity (Wildman–Crippen MR) is 106 cm³/mol. The highest BCUT2D eigenvalue weighted by molar-refractivity contribution is 6.31. The summed E-state index contributed by atoms with van der Waals surface area (Å²) in [5, 5.41) is 5.83. The average Bonchev–Trinajstić information content (AvgIpc) is 3.00. The lowest BCUT2D eigenvalue weighted by molar-refractivity contribution is -0.136. The smallest absolute Gasteiger partial charge is 0.259 e. The minimum absolute atomic E-state index is 0.0843. The van der Waals surface area contributed by atoms with Crippen LogP contribution in [0.25, 0.3) is 22.2 Å². The van der Waals surface area contributed by atoms with Crippen LogP contribution < -0.4 is 0 Å². The third kappa shape index (κ3) is 3.60. The van der Waals surface area contributed by atoms with Gasteiger partial charge in [0.25, 0.3) is 0 Å². The van der Waals surface area contributed by atoms with E-state index in [2.05, 4.69) is 5.10 Å². The highest BCUT2D eigenvalue weighted by Crippen LogP contribution is 2.38. The summed E-state index contributed by atoms with van der Waals surface area (Å²) in [5.41, 5.74) is 1.30. The Labute approximate surface area is 169 Å². The van der Waals surface area contributed by atoms with Gasteiger partial charge in [0, 0.05) is 21.0 Å². The normalized spacial score (nSPS) is 11.9. The Bertz CT molecular complexity index is 1150. The summed E-state index contributed by atoms with van der Waals surface area (Å²) in [5.74, 6) is 0. The summed E-state index contributed by atoms with van der Waals surface area (Å²) in [6, 6.07) is 18.2. The fourth-order valence-corrected chi connectivity index (χ4v) is 3.51. The number of alkyl halides is 3. The van der Waals surface area contributed by atoms with Crippen molar-refractivity contribution in [1.29, 1.82) is 0 Å². The number of halogens is 5. The lowest BCUT2D eigenvalue weighted by Gasteiger charge is -2.09. The fourth-order valence-electron chi connectivity index (χ4n) is 3.20. The van der Waals surface area contributed by atoms with Gasteiger partial charge in [-0.1, -0.05) is 59.6 Å². The van der Waals surface area contributed by atoms with Crippen molar-refractivity contribution in [2.45, 2.75) is 12.7 Å². The number of benzene rings is 3. The lowest BCUT2D eigenvalue weighted by atomic mass is 10.0. The van der Waals surface area contributed by atoms with E-state index in [-0.39, 0.29) is 5.52 Å². The molecule has 0 aliphatic carbocycles. The maximum atomic E-state index is 13.5. The highest BCUT2D eigenvalue weighted by Gasteiger charge is 2.34. The molecule has 0 spiro atoms. The number of fused-ring (bicyclic) bond motifs is 1. The van der Waals surface area contributed by atoms with Crippen LogP contribution in [-0.4, -0.2) is 9.78 Å². The van der Waals surface area contributed by atoms with Crippen LogP contribution in [0.1, 0.15) is 11.1 Å². The minimum atomic E-state index is -4.50. The van der Waals surface area contributed by atoms with Gasteiger partial charge in [-0.15, -0.1) is 0 Å². The first-order valence-corrected chi connectivity index (χ1v) is 9.15. The van der Waals surface area contributed by atoms with E-state index in [9.17, 15) is 13.2 Å². The quantitative estimate of drug-likeness (QED) is 0.346. The standard InChI is InChI=1S/C21H13Cl2F3N2/c22-15-9-7-13(8-10-15)12-28-20(14-3-1-4-16(23)11-14)17-5-2-6-18(19(17)27-28)21(24,25)26/h1-11H,12H2. The van der Waals surface area contributed by atoms with Gasteiger partial charge in [-0.25, -0.2) is 0 Å². The SMILES string of the molecule is FC(F)(F)c1cccc2c(-c3cccc(Cl)c3)n(Cc3ccc(Cl)cc3)nc12. The molecule has 0 bridgehead atoms. The third-order valence-electron chi connectivity index (χ3n) is 4.42. The van der Waals surface area contributed by atoms with Gasteiger partial charge < -0.3 is 0 Å². The van der Waals surface area contributed by atoms with Gasteiger partial charge in [-0.2, -0.15) is 18.3 Å². The molecule has 0 unspecified atom stereocenters. The Balaban J connectivity index is 1.96. The first-order chi connectivity index (χ1) is 13.3. The summed E-state index contributed by atoms with van der Waals surface area (Å²) in [7, 11) is 0. The van der Waals surface area contributed by atoms with Crippen LogP contribution in [0, 0.1) is 0 Å². The number of hydrogen-bond acceptors (Lipinski definition) is 1. The van der Waals surface area contributed by atoms with Crippen molar-refractivity contribution in [3.05, 3.63) is 87.9 Å². The summed E-state index contributed by atoms with van der Waals surface area (Å²) in [6.45, 7) is 0.297. The molecule has 3 aromatic carbocycles. The molecule has 1 heterocycles. The Morgan fingerprint density at radius 3 is 2.25 bits per heavy atom. The molecular formula is C21H13Cl2F3N2. The molecule has 7 heteroatoms. The Morgan fingerprint density at radius 2 is 1.57 bits per heavy atom. The zero-order valence-electron chi connectivity index (χ0n) is 14.3. The van der Waals surface area contributed by atoms with E-state index in [0.29, 0.717) is 33.2 Å². The molecule has 0 radical (unpaired) electrons. The Morgan fingerprint density at radius 1 is 0.857 bits per heavy atom. The van der Waals surface area contributed by atoms with Crippen LogP contribution in [0.3, 0.4) is 0 Å². The summed E-state index contributed by atoms with van der Waals surface area (Å²) >= 11 is 12.1. The van der Waals surface area contributed by atoms with Gasteiger partial charge in [0.1, 0.15) is 5.52 Å². The van der Waals surface area contributed by atoms with E-state index in [1.165, 1.54) is 6.07 Å². The van der Waals surface area contributed by atoms with Gasteiger partial charge in [-0.3, -0.25) is 4.68 Å². The molecule has 0 saturated heterocycles. The molecule has 0 aliphatic heterocycles. The fraction of sp³-hybridized carbons (Fsp3) is 0.0952. The molecular weight excluding hydrogens is 408 g/mol. The molecule has 0 amide bonds. The Kier molecular flexibility index (Phi) is 4.81. The second-order valence-corrected chi connectivity index (χ2v) is 7.22. The van der Waals surface area contributed by atoms with Crippen molar-refractivity contribution in [2.24, 2.45) is 0 Å². The molecule has 0 fully saturated rings. The van der Waals surface area contributed by atoms with Crippen LogP contribution in [0.15, 0.2) is 66.7 Å². The van der Waals surface area contributed by atoms with E-state index in [1.54, 1.807) is 47.1 Å². The van der Waals surface area contributed by atoms with E-state index in [0.717, 1.165) is 11.6 Å². The third-order valence-corrected chi connectivity index (χ3v) is 4.91. The molecule has 0 atom stereocenters. The second-order valence-electron chi connectivity index (χ2n) is 6.34. The van der Waals surface area contributed by atoms with Crippen LogP contribution in [0.5, 0.6) is 0 Å². The maximum absolute atomic E-state index is 13.5. The van der Waals surface area contributed by atoms with Crippen molar-refractivity contribution in [3.8, 4) is 11.3 Å². The molecule has 4 rings (SSSR count). The zero-order chi connectivity index (χ0) is 19.9. The van der Waals surface area contributed by atoms with Gasteiger partial charge >= 0.3 is 6.18 Å². The van der Waals surface area contributed by atoms with E-state index >= 15 is 0 Å². The Hall–Kier alpha value is -2.50. The van der Waals surface area contributed by atoms with Crippen molar-refractivity contribution >= 4 is 34.1 Å². The first kappa shape index (κ1) is 18.8. The van der Waals surface area contributed by atoms with E-state index in [4.69, 9.17) is 23.2 Å². The molecule has 4 aromatic rings. The molecule has 0 aliphatic rings. The van der Waals surface area contributed by atoms with Crippen LogP contribution in [-0.2, 0) is 12.7 Å².